The Balaban J connectivity index is 0.000000307. The van der Waals surface area contributed by atoms with Crippen LogP contribution in [0.15, 0.2) is 35.0 Å². The van der Waals surface area contributed by atoms with Gasteiger partial charge >= 0.3 is 16.5 Å². The first-order valence-electron chi connectivity index (χ1n) is 7.47. The second-order valence-corrected chi connectivity index (χ2v) is 5.57. The zero-order valence-corrected chi connectivity index (χ0v) is 16.3. The van der Waals surface area contributed by atoms with Crippen molar-refractivity contribution in [2.75, 3.05) is 33.6 Å². The fourth-order valence-corrected chi connectivity index (χ4v) is 1.78. The molecule has 0 bridgehead atoms. The zero-order chi connectivity index (χ0) is 21.1. The second-order valence-electron chi connectivity index (χ2n) is 4.96. The summed E-state index contributed by atoms with van der Waals surface area (Å²) < 4.78 is 32.6. The molecule has 3 amide bonds. The van der Waals surface area contributed by atoms with Crippen molar-refractivity contribution >= 4 is 28.4 Å². The van der Waals surface area contributed by atoms with Gasteiger partial charge in [0.25, 0.3) is 5.91 Å². The van der Waals surface area contributed by atoms with Gasteiger partial charge in [-0.1, -0.05) is 4.36 Å². The highest BCUT2D eigenvalue weighted by atomic mass is 32.2. The van der Waals surface area contributed by atoms with E-state index >= 15 is 0 Å². The maximum absolute atomic E-state index is 11.2. The molecule has 0 unspecified atom stereocenters. The van der Waals surface area contributed by atoms with Gasteiger partial charge in [-0.2, -0.15) is 18.4 Å². The maximum atomic E-state index is 11.2. The average Bonchev–Trinajstić information content (AvgIpc) is 2.67. The standard InChI is InChI=1S/C8H10N2O.C7H8N4O5S/c1-10(2)8(11)7-4-3-5-9-6-7;1-15-4-3-5(16-2)9-6(8-4)10-7(12)11-17(13)14/h3-6H,1-2H3;3H,1-2H3,(H,8,9,10,12). The Morgan fingerprint density at radius 3 is 2.18 bits per heavy atom. The molecule has 0 aliphatic rings. The molecule has 28 heavy (non-hydrogen) atoms. The van der Waals surface area contributed by atoms with E-state index in [4.69, 9.17) is 9.47 Å². The van der Waals surface area contributed by atoms with Crippen molar-refractivity contribution in [2.45, 2.75) is 0 Å². The number of methoxy groups -OCH3 is 2. The average molecular weight is 410 g/mol. The molecular weight excluding hydrogens is 392 g/mol. The highest BCUT2D eigenvalue weighted by Crippen LogP contribution is 2.17. The van der Waals surface area contributed by atoms with Crippen molar-refractivity contribution in [1.82, 2.24) is 19.9 Å². The third kappa shape index (κ3) is 7.74. The van der Waals surface area contributed by atoms with Gasteiger partial charge in [-0.3, -0.25) is 15.1 Å². The van der Waals surface area contributed by atoms with Gasteiger partial charge in [0, 0.05) is 26.5 Å². The Bertz CT molecular complexity index is 918. The fraction of sp³-hybridized carbons (Fsp3) is 0.267. The van der Waals surface area contributed by atoms with Crippen molar-refractivity contribution in [2.24, 2.45) is 4.36 Å². The van der Waals surface area contributed by atoms with E-state index in [1.165, 1.54) is 25.2 Å². The predicted octanol–water partition coefficient (Wildman–Crippen LogP) is 0.872. The predicted molar refractivity (Wildman–Crippen MR) is 97.8 cm³/mol. The monoisotopic (exact) mass is 410 g/mol. The SMILES string of the molecule is CN(C)C(=O)c1cccnc1.COc1cc(OC)nc(NC(=O)N=S(=O)=O)n1. The Morgan fingerprint density at radius 1 is 1.14 bits per heavy atom. The summed E-state index contributed by atoms with van der Waals surface area (Å²) >= 11 is 0. The highest BCUT2D eigenvalue weighted by Gasteiger charge is 2.08. The Morgan fingerprint density at radius 2 is 1.75 bits per heavy atom. The lowest BCUT2D eigenvalue weighted by Crippen LogP contribution is -2.21. The summed E-state index contributed by atoms with van der Waals surface area (Å²) in [5.41, 5.74) is 0.623. The number of amides is 3. The normalized spacial score (nSPS) is 9.29. The van der Waals surface area contributed by atoms with Crippen LogP contribution in [0.1, 0.15) is 10.4 Å². The minimum atomic E-state index is -2.84. The van der Waals surface area contributed by atoms with Gasteiger partial charge in [-0.05, 0) is 12.1 Å². The Hall–Kier alpha value is -3.61. The molecule has 0 aliphatic heterocycles. The number of hydrogen-bond donors (Lipinski definition) is 1. The molecule has 0 aromatic carbocycles. The van der Waals surface area contributed by atoms with Crippen molar-refractivity contribution < 1.29 is 27.5 Å². The Labute approximate surface area is 162 Å². The minimum absolute atomic E-state index is 0.0156. The number of nitrogens with zero attached hydrogens (tertiary/aromatic N) is 5. The molecule has 0 aliphatic carbocycles. The van der Waals surface area contributed by atoms with Gasteiger partial charge in [0.05, 0.1) is 25.8 Å². The minimum Gasteiger partial charge on any atom is -0.481 e. The fourth-order valence-electron chi connectivity index (χ4n) is 1.60. The molecule has 0 saturated heterocycles. The van der Waals surface area contributed by atoms with Crippen molar-refractivity contribution in [3.05, 3.63) is 36.2 Å². The van der Waals surface area contributed by atoms with E-state index in [2.05, 4.69) is 19.3 Å². The topological polar surface area (TPSA) is 153 Å². The number of ether oxygens (including phenoxy) is 2. The summed E-state index contributed by atoms with van der Waals surface area (Å²) in [5.74, 6) is 0.101. The number of hydrogen-bond acceptors (Lipinski definition) is 9. The lowest BCUT2D eigenvalue weighted by molar-refractivity contribution is 0.0827. The van der Waals surface area contributed by atoms with Crippen LogP contribution in [0.2, 0.25) is 0 Å². The molecular formula is C15H18N6O6S. The number of carbonyl (C=O) groups excluding carboxylic acids is 2. The largest absolute Gasteiger partial charge is 0.481 e. The number of carbonyl (C=O) groups is 2. The van der Waals surface area contributed by atoms with E-state index in [1.807, 2.05) is 5.32 Å². The van der Waals surface area contributed by atoms with Gasteiger partial charge in [0.2, 0.25) is 17.7 Å². The van der Waals surface area contributed by atoms with Crippen LogP contribution < -0.4 is 14.8 Å². The lowest BCUT2D eigenvalue weighted by Gasteiger charge is -2.08. The molecule has 2 aromatic heterocycles. The van der Waals surface area contributed by atoms with E-state index in [9.17, 15) is 18.0 Å². The molecule has 2 rings (SSSR count). The van der Waals surface area contributed by atoms with E-state index < -0.39 is 16.5 Å². The third-order valence-electron chi connectivity index (χ3n) is 2.79. The van der Waals surface area contributed by atoms with Crippen LogP contribution >= 0.6 is 0 Å². The van der Waals surface area contributed by atoms with Crippen molar-refractivity contribution in [3.63, 3.8) is 0 Å². The van der Waals surface area contributed by atoms with Crippen LogP contribution in [-0.2, 0) is 10.5 Å². The maximum Gasteiger partial charge on any atom is 0.362 e. The van der Waals surface area contributed by atoms with E-state index in [-0.39, 0.29) is 23.6 Å². The summed E-state index contributed by atoms with van der Waals surface area (Å²) in [6.07, 6.45) is 3.20. The first kappa shape index (κ1) is 22.4. The number of aromatic nitrogens is 3. The van der Waals surface area contributed by atoms with Crippen molar-refractivity contribution in [3.8, 4) is 11.8 Å². The van der Waals surface area contributed by atoms with Gasteiger partial charge < -0.3 is 14.4 Å². The molecule has 0 spiro atoms. The summed E-state index contributed by atoms with van der Waals surface area (Å²) in [6.45, 7) is 0. The van der Waals surface area contributed by atoms with Crippen molar-refractivity contribution in [1.29, 1.82) is 0 Å². The van der Waals surface area contributed by atoms with Gasteiger partial charge in [-0.15, -0.1) is 0 Å². The van der Waals surface area contributed by atoms with Crippen LogP contribution in [0.3, 0.4) is 0 Å². The Kier molecular flexibility index (Phi) is 8.95. The lowest BCUT2D eigenvalue weighted by atomic mass is 10.2. The van der Waals surface area contributed by atoms with E-state index in [1.54, 1.807) is 38.6 Å². The summed E-state index contributed by atoms with van der Waals surface area (Å²) in [7, 11) is 3.33. The molecule has 0 radical (unpaired) electrons. The first-order valence-corrected chi connectivity index (χ1v) is 8.50. The zero-order valence-electron chi connectivity index (χ0n) is 15.5. The third-order valence-corrected chi connectivity index (χ3v) is 3.10. The van der Waals surface area contributed by atoms with E-state index in [0.29, 0.717) is 5.56 Å². The quantitative estimate of drug-likeness (QED) is 0.773. The molecule has 1 N–H and O–H groups in total. The molecule has 13 heteroatoms. The number of pyridine rings is 1. The summed E-state index contributed by atoms with van der Waals surface area (Å²) in [5, 5.41) is 2.04. The molecule has 12 nitrogen and oxygen atoms in total. The van der Waals surface area contributed by atoms with Crippen LogP contribution in [0.4, 0.5) is 10.7 Å². The van der Waals surface area contributed by atoms with Crippen LogP contribution in [0.5, 0.6) is 11.8 Å². The first-order chi connectivity index (χ1) is 13.3. The van der Waals surface area contributed by atoms with Gasteiger partial charge in [-0.25, -0.2) is 4.79 Å². The number of anilines is 1. The summed E-state index contributed by atoms with van der Waals surface area (Å²) in [4.78, 5) is 35.1. The number of nitrogens with one attached hydrogen (secondary N) is 1. The molecule has 2 heterocycles. The molecule has 150 valence electrons. The number of rotatable bonds is 4. The smallest absolute Gasteiger partial charge is 0.362 e. The molecule has 0 saturated carbocycles. The van der Waals surface area contributed by atoms with Crippen LogP contribution in [-0.4, -0.2) is 68.5 Å². The molecule has 2 aromatic rings. The van der Waals surface area contributed by atoms with E-state index in [0.717, 1.165) is 0 Å². The second kappa shape index (κ2) is 11.2. The highest BCUT2D eigenvalue weighted by molar-refractivity contribution is 7.62. The van der Waals surface area contributed by atoms with Gasteiger partial charge in [0.1, 0.15) is 0 Å². The van der Waals surface area contributed by atoms with Crippen LogP contribution in [0.25, 0.3) is 0 Å². The van der Waals surface area contributed by atoms with Crippen LogP contribution in [0, 0.1) is 0 Å². The molecule has 0 atom stereocenters. The van der Waals surface area contributed by atoms with Gasteiger partial charge in [0.15, 0.2) is 0 Å². The molecule has 0 fully saturated rings. The number of urea groups is 1. The summed E-state index contributed by atoms with van der Waals surface area (Å²) in [6, 6.07) is 3.76.